The Morgan fingerprint density at radius 3 is 2.48 bits per heavy atom. The molecule has 1 heterocycles. The molecule has 2 amide bonds. The number of rotatable bonds is 5. The molecule has 0 aliphatic carbocycles. The van der Waals surface area contributed by atoms with Gasteiger partial charge in [0, 0.05) is 18.7 Å². The van der Waals surface area contributed by atoms with Crippen molar-refractivity contribution in [1.82, 2.24) is 4.90 Å². The minimum Gasteiger partial charge on any atom is -0.392 e. The molecule has 1 atom stereocenters. The molecule has 1 aliphatic rings. The molecule has 2 aromatic rings. The summed E-state index contributed by atoms with van der Waals surface area (Å²) in [4.78, 5) is 26.6. The Morgan fingerprint density at radius 2 is 1.85 bits per heavy atom. The van der Waals surface area contributed by atoms with E-state index in [1.807, 2.05) is 43.3 Å². The van der Waals surface area contributed by atoms with Gasteiger partial charge in [0.25, 0.3) is 5.91 Å². The van der Waals surface area contributed by atoms with Crippen molar-refractivity contribution in [1.29, 1.82) is 0 Å². The van der Waals surface area contributed by atoms with Gasteiger partial charge in [-0.3, -0.25) is 9.59 Å². The zero-order valence-electron chi connectivity index (χ0n) is 15.6. The van der Waals surface area contributed by atoms with Crippen LogP contribution in [0.4, 0.5) is 0 Å². The number of hydrogen-bond acceptors (Lipinski definition) is 3. The van der Waals surface area contributed by atoms with Crippen molar-refractivity contribution in [2.75, 3.05) is 13.1 Å². The van der Waals surface area contributed by atoms with Crippen molar-refractivity contribution < 1.29 is 14.7 Å². The van der Waals surface area contributed by atoms with Gasteiger partial charge in [0.15, 0.2) is 0 Å². The lowest BCUT2D eigenvalue weighted by molar-refractivity contribution is -0.130. The Morgan fingerprint density at radius 1 is 1.15 bits per heavy atom. The predicted molar refractivity (Wildman–Crippen MR) is 105 cm³/mol. The topological polar surface area (TPSA) is 83.6 Å². The summed E-state index contributed by atoms with van der Waals surface area (Å²) in [5, 5.41) is 9.51. The first-order valence-corrected chi connectivity index (χ1v) is 9.39. The van der Waals surface area contributed by atoms with E-state index < -0.39 is 5.41 Å². The van der Waals surface area contributed by atoms with Gasteiger partial charge in [-0.15, -0.1) is 0 Å². The summed E-state index contributed by atoms with van der Waals surface area (Å²) in [6.07, 6.45) is 2.16. The van der Waals surface area contributed by atoms with Crippen molar-refractivity contribution in [3.63, 3.8) is 0 Å². The Bertz CT molecular complexity index is 832. The summed E-state index contributed by atoms with van der Waals surface area (Å²) in [5.41, 5.74) is 8.36. The number of nitrogens with two attached hydrogens (primary N) is 1. The van der Waals surface area contributed by atoms with E-state index >= 15 is 0 Å². The number of nitrogens with zero attached hydrogens (tertiary/aromatic N) is 1. The molecule has 5 nitrogen and oxygen atoms in total. The normalized spacial score (nSPS) is 19.7. The number of primary amides is 1. The molecule has 0 unspecified atom stereocenters. The monoisotopic (exact) mass is 366 g/mol. The molecular formula is C22H26N2O3. The molecule has 142 valence electrons. The second-order valence-electron chi connectivity index (χ2n) is 7.22. The van der Waals surface area contributed by atoms with Gasteiger partial charge in [0.1, 0.15) is 0 Å². The molecule has 1 saturated heterocycles. The van der Waals surface area contributed by atoms with E-state index in [-0.39, 0.29) is 18.4 Å². The second kappa shape index (κ2) is 7.92. The third-order valence-electron chi connectivity index (χ3n) is 5.69. The van der Waals surface area contributed by atoms with Crippen LogP contribution in [-0.4, -0.2) is 34.9 Å². The number of aliphatic hydroxyl groups is 1. The first-order valence-electron chi connectivity index (χ1n) is 9.39. The fourth-order valence-corrected chi connectivity index (χ4v) is 3.88. The molecule has 0 bridgehead atoms. The lowest BCUT2D eigenvalue weighted by Crippen LogP contribution is -2.51. The molecule has 27 heavy (non-hydrogen) atoms. The zero-order chi connectivity index (χ0) is 19.4. The summed E-state index contributed by atoms with van der Waals surface area (Å²) >= 11 is 0. The van der Waals surface area contributed by atoms with Crippen LogP contribution >= 0.6 is 0 Å². The summed E-state index contributed by atoms with van der Waals surface area (Å²) in [6.45, 7) is 2.94. The van der Waals surface area contributed by atoms with Gasteiger partial charge in [0.05, 0.1) is 12.0 Å². The highest BCUT2D eigenvalue weighted by Gasteiger charge is 2.40. The number of hydrogen-bond donors (Lipinski definition) is 2. The lowest BCUT2D eigenvalue weighted by Gasteiger charge is -2.40. The number of amides is 2. The van der Waals surface area contributed by atoms with Crippen LogP contribution in [-0.2, 0) is 11.4 Å². The fourth-order valence-electron chi connectivity index (χ4n) is 3.88. The van der Waals surface area contributed by atoms with Crippen molar-refractivity contribution in [3.8, 4) is 11.1 Å². The van der Waals surface area contributed by atoms with E-state index in [1.165, 1.54) is 0 Å². The van der Waals surface area contributed by atoms with Crippen molar-refractivity contribution in [3.05, 3.63) is 59.7 Å². The highest BCUT2D eigenvalue weighted by Crippen LogP contribution is 2.34. The molecule has 0 spiro atoms. The minimum absolute atomic E-state index is 0.0309. The zero-order valence-corrected chi connectivity index (χ0v) is 15.6. The third kappa shape index (κ3) is 3.74. The van der Waals surface area contributed by atoms with Crippen LogP contribution in [0.15, 0.2) is 48.5 Å². The van der Waals surface area contributed by atoms with Gasteiger partial charge in [-0.05, 0) is 48.1 Å². The van der Waals surface area contributed by atoms with Crippen molar-refractivity contribution in [2.24, 2.45) is 11.1 Å². The number of piperidine rings is 1. The van der Waals surface area contributed by atoms with E-state index in [0.717, 1.165) is 29.5 Å². The molecule has 1 aliphatic heterocycles. The second-order valence-corrected chi connectivity index (χ2v) is 7.22. The van der Waals surface area contributed by atoms with Gasteiger partial charge in [-0.2, -0.15) is 0 Å². The first kappa shape index (κ1) is 19.1. The summed E-state index contributed by atoms with van der Waals surface area (Å²) in [7, 11) is 0. The average Bonchev–Trinajstić information content (AvgIpc) is 2.73. The van der Waals surface area contributed by atoms with Crippen LogP contribution in [0.1, 0.15) is 42.1 Å². The van der Waals surface area contributed by atoms with E-state index in [2.05, 4.69) is 0 Å². The van der Waals surface area contributed by atoms with Gasteiger partial charge >= 0.3 is 0 Å². The standard InChI is InChI=1S/C22H26N2O3/c1-2-22(21(23)27)12-5-13-24(15-22)20(26)17-10-8-16(9-11-17)19-7-4-3-6-18(19)14-25/h3-4,6-11,25H,2,5,12-15H2,1H3,(H2,23,27)/t22-/m0/s1. The van der Waals surface area contributed by atoms with E-state index in [0.29, 0.717) is 25.1 Å². The van der Waals surface area contributed by atoms with Crippen LogP contribution in [0, 0.1) is 5.41 Å². The molecule has 3 rings (SSSR count). The van der Waals surface area contributed by atoms with Crippen LogP contribution < -0.4 is 5.73 Å². The van der Waals surface area contributed by atoms with E-state index in [1.54, 1.807) is 17.0 Å². The first-order chi connectivity index (χ1) is 13.0. The summed E-state index contributed by atoms with van der Waals surface area (Å²) in [6, 6.07) is 15.1. The summed E-state index contributed by atoms with van der Waals surface area (Å²) in [5.74, 6) is -0.394. The number of likely N-dealkylation sites (tertiary alicyclic amines) is 1. The third-order valence-corrected chi connectivity index (χ3v) is 5.69. The number of carbonyl (C=O) groups is 2. The maximum atomic E-state index is 12.9. The largest absolute Gasteiger partial charge is 0.392 e. The van der Waals surface area contributed by atoms with Crippen LogP contribution in [0.25, 0.3) is 11.1 Å². The molecule has 2 aromatic carbocycles. The van der Waals surface area contributed by atoms with Gasteiger partial charge < -0.3 is 15.7 Å². The maximum Gasteiger partial charge on any atom is 0.253 e. The quantitative estimate of drug-likeness (QED) is 0.853. The Hall–Kier alpha value is -2.66. The van der Waals surface area contributed by atoms with Gasteiger partial charge in [0.2, 0.25) is 5.91 Å². The minimum atomic E-state index is -0.617. The molecule has 3 N–H and O–H groups in total. The van der Waals surface area contributed by atoms with Crippen molar-refractivity contribution in [2.45, 2.75) is 32.8 Å². The lowest BCUT2D eigenvalue weighted by atomic mass is 9.77. The van der Waals surface area contributed by atoms with E-state index in [9.17, 15) is 14.7 Å². The molecule has 0 radical (unpaired) electrons. The molecule has 0 aromatic heterocycles. The fraction of sp³-hybridized carbons (Fsp3) is 0.364. The molecule has 1 fully saturated rings. The van der Waals surface area contributed by atoms with Crippen molar-refractivity contribution >= 4 is 11.8 Å². The number of aliphatic hydroxyl groups excluding tert-OH is 1. The SMILES string of the molecule is CC[C@]1(C(N)=O)CCCN(C(=O)c2ccc(-c3ccccc3CO)cc2)C1. The van der Waals surface area contributed by atoms with Gasteiger partial charge in [-0.25, -0.2) is 0 Å². The summed E-state index contributed by atoms with van der Waals surface area (Å²) < 4.78 is 0. The Kier molecular flexibility index (Phi) is 5.61. The number of carbonyl (C=O) groups excluding carboxylic acids is 2. The Balaban J connectivity index is 1.81. The highest BCUT2D eigenvalue weighted by atomic mass is 16.3. The highest BCUT2D eigenvalue weighted by molar-refractivity contribution is 5.95. The number of benzene rings is 2. The molecule has 0 saturated carbocycles. The molecule has 5 heteroatoms. The van der Waals surface area contributed by atoms with Crippen LogP contribution in [0.5, 0.6) is 0 Å². The molecular weight excluding hydrogens is 340 g/mol. The van der Waals surface area contributed by atoms with E-state index in [4.69, 9.17) is 5.73 Å². The maximum absolute atomic E-state index is 12.9. The average molecular weight is 366 g/mol. The van der Waals surface area contributed by atoms with Crippen LogP contribution in [0.3, 0.4) is 0 Å². The van der Waals surface area contributed by atoms with Gasteiger partial charge in [-0.1, -0.05) is 43.3 Å². The smallest absolute Gasteiger partial charge is 0.253 e. The van der Waals surface area contributed by atoms with Crippen LogP contribution in [0.2, 0.25) is 0 Å². The predicted octanol–water partition coefficient (Wildman–Crippen LogP) is 2.96. The Labute approximate surface area is 159 Å².